The lowest BCUT2D eigenvalue weighted by Gasteiger charge is -2.44. The van der Waals surface area contributed by atoms with Gasteiger partial charge in [0, 0.05) is 0 Å². The first kappa shape index (κ1) is 23.6. The molecule has 0 aromatic rings. The highest BCUT2D eigenvalue weighted by Crippen LogP contribution is 2.48. The maximum Gasteiger partial charge on any atom is 0.0543 e. The van der Waals surface area contributed by atoms with Crippen LogP contribution in [0.5, 0.6) is 0 Å². The molecule has 3 rings (SSSR count). The molecule has 1 nitrogen and oxygen atoms in total. The van der Waals surface area contributed by atoms with Crippen molar-refractivity contribution in [2.24, 2.45) is 29.6 Å². The zero-order chi connectivity index (χ0) is 20.3. The number of fused-ring (bicyclic) bond motifs is 1. The molecule has 1 N–H and O–H groups in total. The van der Waals surface area contributed by atoms with Crippen molar-refractivity contribution in [2.75, 3.05) is 0 Å². The van der Waals surface area contributed by atoms with Crippen LogP contribution in [0.2, 0.25) is 0 Å². The van der Waals surface area contributed by atoms with Crippen molar-refractivity contribution in [2.45, 2.75) is 148 Å². The average molecular weight is 405 g/mol. The first-order valence-electron chi connectivity index (χ1n) is 13.9. The zero-order valence-corrected chi connectivity index (χ0v) is 19.8. The molecule has 0 aromatic heterocycles. The Bertz CT molecular complexity index is 411. The van der Waals surface area contributed by atoms with Crippen molar-refractivity contribution >= 4 is 0 Å². The molecule has 170 valence electrons. The maximum atomic E-state index is 10.1. The van der Waals surface area contributed by atoms with E-state index in [-0.39, 0.29) is 6.10 Å². The first-order chi connectivity index (χ1) is 14.3. The molecule has 0 spiro atoms. The van der Waals surface area contributed by atoms with Crippen LogP contribution >= 0.6 is 0 Å². The fourth-order valence-electron chi connectivity index (χ4n) is 7.20. The largest absolute Gasteiger partial charge is 0.393 e. The summed E-state index contributed by atoms with van der Waals surface area (Å²) in [5, 5.41) is 10.1. The standard InChI is InChI=1S/C28H52O/c1-2-3-4-5-6-7-8-9-10-11-12-23-13-15-24(16-14-23)26-18-17-25-19-20-28(29)22-27(25)21-26/h23-29H,2-22H2,1H3. The van der Waals surface area contributed by atoms with E-state index in [0.717, 1.165) is 42.4 Å². The molecule has 4 atom stereocenters. The lowest BCUT2D eigenvalue weighted by Crippen LogP contribution is -2.36. The van der Waals surface area contributed by atoms with E-state index in [9.17, 15) is 5.11 Å². The number of hydrogen-bond acceptors (Lipinski definition) is 1. The zero-order valence-electron chi connectivity index (χ0n) is 19.8. The third-order valence-electron chi connectivity index (χ3n) is 9.15. The Balaban J connectivity index is 1.19. The Morgan fingerprint density at radius 1 is 0.517 bits per heavy atom. The molecule has 0 aromatic carbocycles. The number of unbranched alkanes of at least 4 members (excludes halogenated alkanes) is 9. The van der Waals surface area contributed by atoms with Gasteiger partial charge in [0.15, 0.2) is 0 Å². The summed E-state index contributed by atoms with van der Waals surface area (Å²) in [6, 6.07) is 0. The van der Waals surface area contributed by atoms with Crippen molar-refractivity contribution < 1.29 is 5.11 Å². The molecule has 3 fully saturated rings. The maximum absolute atomic E-state index is 10.1. The van der Waals surface area contributed by atoms with Crippen molar-refractivity contribution in [3.63, 3.8) is 0 Å². The van der Waals surface area contributed by atoms with Gasteiger partial charge in [0.1, 0.15) is 0 Å². The van der Waals surface area contributed by atoms with Crippen LogP contribution in [0.15, 0.2) is 0 Å². The van der Waals surface area contributed by atoms with Crippen molar-refractivity contribution in [1.29, 1.82) is 0 Å². The van der Waals surface area contributed by atoms with Gasteiger partial charge in [-0.1, -0.05) is 90.4 Å². The Morgan fingerprint density at radius 3 is 1.72 bits per heavy atom. The van der Waals surface area contributed by atoms with E-state index in [4.69, 9.17) is 0 Å². The van der Waals surface area contributed by atoms with Gasteiger partial charge < -0.3 is 5.11 Å². The second kappa shape index (κ2) is 13.4. The number of aliphatic hydroxyl groups is 1. The molecule has 0 amide bonds. The highest BCUT2D eigenvalue weighted by molar-refractivity contribution is 4.89. The van der Waals surface area contributed by atoms with Crippen LogP contribution in [0.25, 0.3) is 0 Å². The second-order valence-corrected chi connectivity index (χ2v) is 11.3. The molecule has 0 bridgehead atoms. The lowest BCUT2D eigenvalue weighted by atomic mass is 9.62. The quantitative estimate of drug-likeness (QED) is 0.322. The smallest absolute Gasteiger partial charge is 0.0543 e. The predicted molar refractivity (Wildman–Crippen MR) is 126 cm³/mol. The second-order valence-electron chi connectivity index (χ2n) is 11.3. The Hall–Kier alpha value is -0.0400. The summed E-state index contributed by atoms with van der Waals surface area (Å²) in [6.07, 6.45) is 30.2. The Labute approximate surface area is 182 Å². The van der Waals surface area contributed by atoms with Crippen LogP contribution in [0.1, 0.15) is 142 Å². The highest BCUT2D eigenvalue weighted by atomic mass is 16.3. The fourth-order valence-corrected chi connectivity index (χ4v) is 7.20. The van der Waals surface area contributed by atoms with E-state index >= 15 is 0 Å². The molecular weight excluding hydrogens is 352 g/mol. The van der Waals surface area contributed by atoms with E-state index in [1.807, 2.05) is 0 Å². The molecular formula is C28H52O. The molecule has 1 heteroatoms. The van der Waals surface area contributed by atoms with Gasteiger partial charge in [0.2, 0.25) is 0 Å². The Kier molecular flexibility index (Phi) is 10.9. The highest BCUT2D eigenvalue weighted by Gasteiger charge is 2.38. The fraction of sp³-hybridized carbons (Fsp3) is 1.00. The van der Waals surface area contributed by atoms with Crippen molar-refractivity contribution in [1.82, 2.24) is 0 Å². The van der Waals surface area contributed by atoms with Crippen LogP contribution < -0.4 is 0 Å². The predicted octanol–water partition coefficient (Wildman–Crippen LogP) is 8.68. The first-order valence-corrected chi connectivity index (χ1v) is 13.9. The van der Waals surface area contributed by atoms with E-state index in [1.165, 1.54) is 122 Å². The normalized spacial score (nSPS) is 35.4. The van der Waals surface area contributed by atoms with E-state index < -0.39 is 0 Å². The third-order valence-corrected chi connectivity index (χ3v) is 9.15. The molecule has 4 unspecified atom stereocenters. The number of rotatable bonds is 12. The van der Waals surface area contributed by atoms with Crippen molar-refractivity contribution in [3.8, 4) is 0 Å². The van der Waals surface area contributed by atoms with Gasteiger partial charge in [0.05, 0.1) is 6.10 Å². The molecule has 0 aliphatic heterocycles. The summed E-state index contributed by atoms with van der Waals surface area (Å²) in [7, 11) is 0. The van der Waals surface area contributed by atoms with Gasteiger partial charge in [-0.05, 0) is 81.0 Å². The molecule has 3 saturated carbocycles. The van der Waals surface area contributed by atoms with Crippen LogP contribution in [0, 0.1) is 29.6 Å². The van der Waals surface area contributed by atoms with Crippen LogP contribution in [0.3, 0.4) is 0 Å². The lowest BCUT2D eigenvalue weighted by molar-refractivity contribution is 0.0179. The summed E-state index contributed by atoms with van der Waals surface area (Å²) in [5.41, 5.74) is 0. The van der Waals surface area contributed by atoms with Gasteiger partial charge in [-0.3, -0.25) is 0 Å². The molecule has 29 heavy (non-hydrogen) atoms. The van der Waals surface area contributed by atoms with Gasteiger partial charge >= 0.3 is 0 Å². The summed E-state index contributed by atoms with van der Waals surface area (Å²) in [4.78, 5) is 0. The van der Waals surface area contributed by atoms with E-state index in [0.29, 0.717) is 0 Å². The van der Waals surface area contributed by atoms with Gasteiger partial charge in [0.25, 0.3) is 0 Å². The summed E-state index contributed by atoms with van der Waals surface area (Å²) in [6.45, 7) is 2.31. The number of aliphatic hydroxyl groups excluding tert-OH is 1. The molecule has 0 radical (unpaired) electrons. The van der Waals surface area contributed by atoms with Crippen LogP contribution in [0.4, 0.5) is 0 Å². The van der Waals surface area contributed by atoms with E-state index in [2.05, 4.69) is 6.92 Å². The third kappa shape index (κ3) is 8.19. The van der Waals surface area contributed by atoms with E-state index in [1.54, 1.807) is 0 Å². The molecule has 0 saturated heterocycles. The van der Waals surface area contributed by atoms with Crippen molar-refractivity contribution in [3.05, 3.63) is 0 Å². The average Bonchev–Trinajstić information content (AvgIpc) is 2.75. The molecule has 0 heterocycles. The summed E-state index contributed by atoms with van der Waals surface area (Å²) >= 11 is 0. The SMILES string of the molecule is CCCCCCCCCCCCC1CCC(C2CCC3CCC(O)CC3C2)CC1. The molecule has 3 aliphatic carbocycles. The van der Waals surface area contributed by atoms with Gasteiger partial charge in [-0.25, -0.2) is 0 Å². The van der Waals surface area contributed by atoms with Gasteiger partial charge in [-0.2, -0.15) is 0 Å². The van der Waals surface area contributed by atoms with Crippen LogP contribution in [-0.4, -0.2) is 11.2 Å². The summed E-state index contributed by atoms with van der Waals surface area (Å²) < 4.78 is 0. The van der Waals surface area contributed by atoms with Gasteiger partial charge in [-0.15, -0.1) is 0 Å². The monoisotopic (exact) mass is 404 g/mol. The number of hydrogen-bond donors (Lipinski definition) is 1. The minimum atomic E-state index is 0.0202. The Morgan fingerprint density at radius 2 is 1.03 bits per heavy atom. The molecule has 3 aliphatic rings. The minimum absolute atomic E-state index is 0.0202. The minimum Gasteiger partial charge on any atom is -0.393 e. The summed E-state index contributed by atoms with van der Waals surface area (Å²) in [5.74, 6) is 4.90. The topological polar surface area (TPSA) is 20.2 Å². The van der Waals surface area contributed by atoms with Crippen LogP contribution in [-0.2, 0) is 0 Å².